The zero-order chi connectivity index (χ0) is 19.0. The van der Waals surface area contributed by atoms with Gasteiger partial charge in [-0.2, -0.15) is 0 Å². The van der Waals surface area contributed by atoms with Gasteiger partial charge in [0.15, 0.2) is 0 Å². The van der Waals surface area contributed by atoms with E-state index in [-0.39, 0.29) is 0 Å². The third kappa shape index (κ3) is 3.21. The molecule has 0 fully saturated rings. The van der Waals surface area contributed by atoms with Crippen LogP contribution in [0.5, 0.6) is 0 Å². The molecule has 0 aliphatic heterocycles. The van der Waals surface area contributed by atoms with Crippen LogP contribution in [0, 0.1) is 26.2 Å². The van der Waals surface area contributed by atoms with Crippen LogP contribution in [0.4, 0.5) is 5.82 Å². The first kappa shape index (κ1) is 17.7. The summed E-state index contributed by atoms with van der Waals surface area (Å²) in [4.78, 5) is 5.90. The highest BCUT2D eigenvalue weighted by molar-refractivity contribution is 7.13. The number of pyridine rings is 1. The van der Waals surface area contributed by atoms with Gasteiger partial charge in [-0.05, 0) is 54.6 Å². The molecule has 5 heteroatoms. The molecule has 4 aromatic rings. The van der Waals surface area contributed by atoms with Gasteiger partial charge in [-0.15, -0.1) is 17.8 Å². The number of aryl methyl sites for hydroxylation is 2. The zero-order valence-corrected chi connectivity index (χ0v) is 16.7. The molecule has 0 unspecified atom stereocenters. The Kier molecular flexibility index (Phi) is 4.65. The van der Waals surface area contributed by atoms with Crippen LogP contribution >= 0.6 is 22.9 Å². The third-order valence-electron chi connectivity index (χ3n) is 4.49. The number of rotatable bonds is 4. The smallest absolute Gasteiger partial charge is 0.140 e. The minimum atomic E-state index is 0.602. The van der Waals surface area contributed by atoms with Crippen molar-refractivity contribution in [2.75, 3.05) is 5.32 Å². The van der Waals surface area contributed by atoms with Crippen LogP contribution < -0.4 is 5.32 Å². The number of nitrogens with one attached hydrogen (secondary N) is 1. The lowest BCUT2D eigenvalue weighted by atomic mass is 10.2. The Morgan fingerprint density at radius 1 is 1.22 bits per heavy atom. The van der Waals surface area contributed by atoms with Gasteiger partial charge in [0.05, 0.1) is 4.88 Å². The van der Waals surface area contributed by atoms with E-state index < -0.39 is 0 Å². The number of benzene rings is 1. The third-order valence-corrected chi connectivity index (χ3v) is 5.78. The van der Waals surface area contributed by atoms with E-state index in [0.29, 0.717) is 6.54 Å². The summed E-state index contributed by atoms with van der Waals surface area (Å²) in [5.74, 6) is 3.70. The van der Waals surface area contributed by atoms with Gasteiger partial charge >= 0.3 is 0 Å². The maximum absolute atomic E-state index is 6.33. The Morgan fingerprint density at radius 2 is 2.04 bits per heavy atom. The van der Waals surface area contributed by atoms with E-state index in [0.717, 1.165) is 43.9 Å². The van der Waals surface area contributed by atoms with E-state index in [2.05, 4.69) is 41.6 Å². The second-order valence-corrected chi connectivity index (χ2v) is 7.75. The molecule has 3 nitrogen and oxygen atoms in total. The summed E-state index contributed by atoms with van der Waals surface area (Å²) in [7, 11) is 0. The standard InChI is InChI=1S/C22H18ClN3S/c1-4-16-9-10-27-21(16)20-22(24-13-17-7-5-6-8-18(17)23)26-15(3)11-14(2)12-19(26)25-20/h1,5-12,24H,13H2,2-3H3. The van der Waals surface area contributed by atoms with E-state index >= 15 is 0 Å². The molecule has 0 bridgehead atoms. The number of hydrogen-bond donors (Lipinski definition) is 1. The second-order valence-electron chi connectivity index (χ2n) is 6.43. The van der Waals surface area contributed by atoms with E-state index in [9.17, 15) is 0 Å². The maximum atomic E-state index is 6.33. The largest absolute Gasteiger partial charge is 0.365 e. The average molecular weight is 392 g/mol. The number of imidazole rings is 1. The van der Waals surface area contributed by atoms with E-state index in [4.69, 9.17) is 23.0 Å². The van der Waals surface area contributed by atoms with Crippen LogP contribution in [0.1, 0.15) is 22.4 Å². The lowest BCUT2D eigenvalue weighted by Crippen LogP contribution is -2.05. The first-order valence-electron chi connectivity index (χ1n) is 8.60. The first-order valence-corrected chi connectivity index (χ1v) is 9.85. The van der Waals surface area contributed by atoms with Crippen LogP contribution in [0.15, 0.2) is 47.8 Å². The van der Waals surface area contributed by atoms with E-state index in [1.54, 1.807) is 11.3 Å². The number of aromatic nitrogens is 2. The predicted molar refractivity (Wildman–Crippen MR) is 115 cm³/mol. The molecule has 0 aliphatic carbocycles. The van der Waals surface area contributed by atoms with Crippen LogP contribution in [0.3, 0.4) is 0 Å². The van der Waals surface area contributed by atoms with Crippen LogP contribution in [-0.4, -0.2) is 9.38 Å². The molecule has 0 aliphatic rings. The maximum Gasteiger partial charge on any atom is 0.140 e. The van der Waals surface area contributed by atoms with Gasteiger partial charge in [0.2, 0.25) is 0 Å². The Balaban J connectivity index is 1.87. The number of halogens is 1. The van der Waals surface area contributed by atoms with Crippen molar-refractivity contribution < 1.29 is 0 Å². The lowest BCUT2D eigenvalue weighted by molar-refractivity contribution is 1.04. The molecule has 0 saturated carbocycles. The van der Waals surface area contributed by atoms with E-state index in [1.165, 1.54) is 5.56 Å². The van der Waals surface area contributed by atoms with Gasteiger partial charge < -0.3 is 5.32 Å². The first-order chi connectivity index (χ1) is 13.1. The Labute approximate surface area is 167 Å². The molecule has 3 aromatic heterocycles. The number of hydrogen-bond acceptors (Lipinski definition) is 3. The minimum absolute atomic E-state index is 0.602. The monoisotopic (exact) mass is 391 g/mol. The SMILES string of the molecule is C#Cc1ccsc1-c1nc2cc(C)cc(C)n2c1NCc1ccccc1Cl. The van der Waals surface area contributed by atoms with E-state index in [1.807, 2.05) is 35.7 Å². The fraction of sp³-hybridized carbons (Fsp3) is 0.136. The van der Waals surface area contributed by atoms with Crippen molar-refractivity contribution in [2.24, 2.45) is 0 Å². The second kappa shape index (κ2) is 7.11. The molecule has 0 atom stereocenters. The fourth-order valence-electron chi connectivity index (χ4n) is 3.28. The Bertz CT molecular complexity index is 1180. The molecule has 27 heavy (non-hydrogen) atoms. The van der Waals surface area contributed by atoms with Crippen molar-refractivity contribution >= 4 is 34.4 Å². The van der Waals surface area contributed by atoms with Crippen molar-refractivity contribution in [3.8, 4) is 22.9 Å². The summed E-state index contributed by atoms with van der Waals surface area (Å²) in [5, 5.41) is 6.30. The Morgan fingerprint density at radius 3 is 2.81 bits per heavy atom. The van der Waals surface area contributed by atoms with Gasteiger partial charge in [-0.25, -0.2) is 4.98 Å². The van der Waals surface area contributed by atoms with Crippen molar-refractivity contribution in [1.29, 1.82) is 0 Å². The summed E-state index contributed by atoms with van der Waals surface area (Å²) in [6, 6.07) is 14.0. The van der Waals surface area contributed by atoms with Crippen LogP contribution in [0.2, 0.25) is 5.02 Å². The van der Waals surface area contributed by atoms with Crippen molar-refractivity contribution in [3.63, 3.8) is 0 Å². The van der Waals surface area contributed by atoms with Crippen molar-refractivity contribution in [2.45, 2.75) is 20.4 Å². The molecule has 1 aromatic carbocycles. The number of anilines is 1. The highest BCUT2D eigenvalue weighted by Crippen LogP contribution is 2.36. The number of nitrogens with zero attached hydrogens (tertiary/aromatic N) is 2. The molecule has 3 heterocycles. The highest BCUT2D eigenvalue weighted by atomic mass is 35.5. The zero-order valence-electron chi connectivity index (χ0n) is 15.1. The molecule has 4 rings (SSSR count). The summed E-state index contributed by atoms with van der Waals surface area (Å²) >= 11 is 7.94. The molecule has 0 spiro atoms. The highest BCUT2D eigenvalue weighted by Gasteiger charge is 2.19. The summed E-state index contributed by atoms with van der Waals surface area (Å²) < 4.78 is 2.14. The van der Waals surface area contributed by atoms with Gasteiger partial charge in [0.25, 0.3) is 0 Å². The summed E-state index contributed by atoms with van der Waals surface area (Å²) in [5.41, 5.74) is 5.97. The fourth-order valence-corrected chi connectivity index (χ4v) is 4.33. The predicted octanol–water partition coefficient (Wildman–Crippen LogP) is 5.93. The average Bonchev–Trinajstić information content (AvgIpc) is 3.24. The molecule has 134 valence electrons. The molecule has 1 N–H and O–H groups in total. The van der Waals surface area contributed by atoms with Crippen LogP contribution in [-0.2, 0) is 6.54 Å². The number of thiophene rings is 1. The van der Waals surface area contributed by atoms with Crippen molar-refractivity contribution in [3.05, 3.63) is 75.3 Å². The minimum Gasteiger partial charge on any atom is -0.365 e. The van der Waals surface area contributed by atoms with Gasteiger partial charge in [0.1, 0.15) is 17.2 Å². The normalized spacial score (nSPS) is 10.9. The summed E-state index contributed by atoms with van der Waals surface area (Å²) in [6.07, 6.45) is 5.70. The van der Waals surface area contributed by atoms with Gasteiger partial charge in [-0.1, -0.05) is 35.7 Å². The number of fused-ring (bicyclic) bond motifs is 1. The molecule has 0 amide bonds. The quantitative estimate of drug-likeness (QED) is 0.437. The van der Waals surface area contributed by atoms with Crippen molar-refractivity contribution in [1.82, 2.24) is 9.38 Å². The molecular weight excluding hydrogens is 374 g/mol. The number of terminal acetylenes is 1. The van der Waals surface area contributed by atoms with Gasteiger partial charge in [-0.3, -0.25) is 4.40 Å². The van der Waals surface area contributed by atoms with Gasteiger partial charge in [0, 0.05) is 22.8 Å². The lowest BCUT2D eigenvalue weighted by Gasteiger charge is -2.12. The Hall–Kier alpha value is -2.74. The molecule has 0 saturated heterocycles. The molecular formula is C22H18ClN3S. The molecule has 0 radical (unpaired) electrons. The topological polar surface area (TPSA) is 29.3 Å². The summed E-state index contributed by atoms with van der Waals surface area (Å²) in [6.45, 7) is 4.77. The van der Waals surface area contributed by atoms with Crippen LogP contribution in [0.25, 0.3) is 16.2 Å².